The van der Waals surface area contributed by atoms with Crippen molar-refractivity contribution in [3.8, 4) is 0 Å². The lowest BCUT2D eigenvalue weighted by atomic mass is 9.91. The molecule has 2 N–H and O–H groups in total. The Morgan fingerprint density at radius 3 is 2.68 bits per heavy atom. The highest BCUT2D eigenvalue weighted by atomic mass is 16.4. The van der Waals surface area contributed by atoms with E-state index in [1.54, 1.807) is 6.92 Å². The van der Waals surface area contributed by atoms with E-state index in [0.717, 1.165) is 11.3 Å². The first-order valence-electron chi connectivity index (χ1n) is 6.62. The second-order valence-corrected chi connectivity index (χ2v) is 5.83. The Labute approximate surface area is 113 Å². The number of carbonyl (C=O) groups is 1. The van der Waals surface area contributed by atoms with Crippen molar-refractivity contribution in [3.05, 3.63) is 29.8 Å². The average Bonchev–Trinajstić information content (AvgIpc) is 2.68. The topological polar surface area (TPSA) is 60.8 Å². The number of nitrogens with zero attached hydrogens (tertiary/aromatic N) is 1. The highest BCUT2D eigenvalue weighted by molar-refractivity contribution is 5.82. The van der Waals surface area contributed by atoms with Gasteiger partial charge in [0.25, 0.3) is 0 Å². The second kappa shape index (κ2) is 4.85. The van der Waals surface area contributed by atoms with Gasteiger partial charge < -0.3 is 15.1 Å². The second-order valence-electron chi connectivity index (χ2n) is 5.83. The van der Waals surface area contributed by atoms with Gasteiger partial charge in [0.15, 0.2) is 0 Å². The molecule has 0 amide bonds. The Kier molecular flexibility index (Phi) is 3.54. The number of hydrogen-bond donors (Lipinski definition) is 2. The number of rotatable bonds is 4. The smallest absolute Gasteiger partial charge is 0.326 e. The number of fused-ring (bicyclic) bond motifs is 1. The van der Waals surface area contributed by atoms with Crippen molar-refractivity contribution in [2.24, 2.45) is 5.92 Å². The van der Waals surface area contributed by atoms with E-state index < -0.39 is 17.6 Å². The molecule has 1 aromatic rings. The van der Waals surface area contributed by atoms with Crippen molar-refractivity contribution < 1.29 is 15.0 Å². The van der Waals surface area contributed by atoms with E-state index in [0.29, 0.717) is 13.0 Å². The van der Waals surface area contributed by atoms with Crippen molar-refractivity contribution in [1.29, 1.82) is 0 Å². The Balaban J connectivity index is 2.32. The maximum absolute atomic E-state index is 11.4. The molecule has 19 heavy (non-hydrogen) atoms. The van der Waals surface area contributed by atoms with Gasteiger partial charge >= 0.3 is 5.97 Å². The fourth-order valence-electron chi connectivity index (χ4n) is 2.39. The zero-order valence-electron chi connectivity index (χ0n) is 11.6. The largest absolute Gasteiger partial charge is 0.480 e. The maximum atomic E-state index is 11.4. The number of carboxylic acids is 1. The van der Waals surface area contributed by atoms with Crippen molar-refractivity contribution in [2.75, 3.05) is 11.4 Å². The van der Waals surface area contributed by atoms with Gasteiger partial charge in [-0.05, 0) is 24.5 Å². The molecule has 1 aliphatic heterocycles. The lowest BCUT2D eigenvalue weighted by Crippen LogP contribution is -2.49. The van der Waals surface area contributed by atoms with Gasteiger partial charge in [0.05, 0.1) is 5.60 Å². The third-order valence-corrected chi connectivity index (χ3v) is 4.11. The Bertz CT molecular complexity index is 482. The molecule has 1 aromatic carbocycles. The van der Waals surface area contributed by atoms with Crippen LogP contribution in [0.4, 0.5) is 5.69 Å². The van der Waals surface area contributed by atoms with Gasteiger partial charge in [-0.2, -0.15) is 0 Å². The van der Waals surface area contributed by atoms with Crippen molar-refractivity contribution in [3.63, 3.8) is 0 Å². The zero-order valence-corrected chi connectivity index (χ0v) is 11.6. The van der Waals surface area contributed by atoms with Gasteiger partial charge in [0.2, 0.25) is 0 Å². The Hall–Kier alpha value is -1.55. The molecule has 0 saturated heterocycles. The molecule has 0 aliphatic carbocycles. The third kappa shape index (κ3) is 2.59. The van der Waals surface area contributed by atoms with E-state index in [-0.39, 0.29) is 5.92 Å². The summed E-state index contributed by atoms with van der Waals surface area (Å²) in [6.45, 7) is 5.98. The summed E-state index contributed by atoms with van der Waals surface area (Å²) >= 11 is 0. The molecular weight excluding hydrogens is 242 g/mol. The standard InChI is InChI=1S/C15H21NO3/c1-10(2)15(3,19)9-16-12-7-5-4-6-11(12)8-13(16)14(17)18/h4-7,10,13,19H,8-9H2,1-3H3,(H,17,18). The first kappa shape index (κ1) is 13.9. The van der Waals surface area contributed by atoms with Crippen LogP contribution in [0.5, 0.6) is 0 Å². The van der Waals surface area contributed by atoms with Crippen LogP contribution >= 0.6 is 0 Å². The van der Waals surface area contributed by atoms with Crippen LogP contribution in [-0.4, -0.2) is 34.4 Å². The molecular formula is C15H21NO3. The number of anilines is 1. The van der Waals surface area contributed by atoms with E-state index in [1.807, 2.05) is 43.0 Å². The predicted octanol–water partition coefficient (Wildman–Crippen LogP) is 1.91. The maximum Gasteiger partial charge on any atom is 0.326 e. The van der Waals surface area contributed by atoms with Gasteiger partial charge in [-0.1, -0.05) is 32.0 Å². The predicted molar refractivity (Wildman–Crippen MR) is 74.4 cm³/mol. The van der Waals surface area contributed by atoms with E-state index in [9.17, 15) is 15.0 Å². The van der Waals surface area contributed by atoms with Gasteiger partial charge in [0.1, 0.15) is 6.04 Å². The molecule has 0 radical (unpaired) electrons. The molecule has 0 spiro atoms. The third-order valence-electron chi connectivity index (χ3n) is 4.11. The van der Waals surface area contributed by atoms with Crippen LogP contribution < -0.4 is 4.90 Å². The van der Waals surface area contributed by atoms with E-state index in [4.69, 9.17) is 0 Å². The number of aliphatic carboxylic acids is 1. The van der Waals surface area contributed by atoms with E-state index in [1.165, 1.54) is 0 Å². The highest BCUT2D eigenvalue weighted by Crippen LogP contribution is 2.34. The summed E-state index contributed by atoms with van der Waals surface area (Å²) in [5, 5.41) is 19.8. The van der Waals surface area contributed by atoms with E-state index >= 15 is 0 Å². The number of para-hydroxylation sites is 1. The molecule has 4 nitrogen and oxygen atoms in total. The first-order valence-corrected chi connectivity index (χ1v) is 6.62. The van der Waals surface area contributed by atoms with Crippen LogP contribution in [0.2, 0.25) is 0 Å². The Morgan fingerprint density at radius 2 is 2.11 bits per heavy atom. The van der Waals surface area contributed by atoms with Crippen LogP contribution in [0.3, 0.4) is 0 Å². The molecule has 2 unspecified atom stereocenters. The van der Waals surface area contributed by atoms with Gasteiger partial charge in [-0.15, -0.1) is 0 Å². The molecule has 0 aromatic heterocycles. The monoisotopic (exact) mass is 263 g/mol. The summed E-state index contributed by atoms with van der Waals surface area (Å²) < 4.78 is 0. The first-order chi connectivity index (χ1) is 8.83. The number of β-amino-alcohol motifs (C(OH)–C–C–N with tert-alkyl or cyclic N) is 1. The highest BCUT2D eigenvalue weighted by Gasteiger charge is 2.38. The van der Waals surface area contributed by atoms with Gasteiger partial charge in [-0.3, -0.25) is 0 Å². The molecule has 2 atom stereocenters. The summed E-state index contributed by atoms with van der Waals surface area (Å²) in [5.74, 6) is -0.773. The molecule has 0 bridgehead atoms. The van der Waals surface area contributed by atoms with Crippen LogP contribution in [0.1, 0.15) is 26.3 Å². The fourth-order valence-corrected chi connectivity index (χ4v) is 2.39. The van der Waals surface area contributed by atoms with Crippen molar-refractivity contribution in [2.45, 2.75) is 38.8 Å². The number of aliphatic hydroxyl groups is 1. The molecule has 0 saturated carbocycles. The summed E-state index contributed by atoms with van der Waals surface area (Å²) in [4.78, 5) is 13.2. The van der Waals surface area contributed by atoms with Crippen molar-refractivity contribution in [1.82, 2.24) is 0 Å². The molecule has 4 heteroatoms. The normalized spacial score (nSPS) is 21.3. The summed E-state index contributed by atoms with van der Waals surface area (Å²) in [5.41, 5.74) is 1.05. The summed E-state index contributed by atoms with van der Waals surface area (Å²) in [7, 11) is 0. The minimum absolute atomic E-state index is 0.0645. The minimum atomic E-state index is -0.912. The molecule has 1 heterocycles. The summed E-state index contributed by atoms with van der Waals surface area (Å²) in [6, 6.07) is 7.12. The number of benzene rings is 1. The summed E-state index contributed by atoms with van der Waals surface area (Å²) in [6.07, 6.45) is 0.500. The van der Waals surface area contributed by atoms with Crippen LogP contribution in [0, 0.1) is 5.92 Å². The zero-order chi connectivity index (χ0) is 14.2. The fraction of sp³-hybridized carbons (Fsp3) is 0.533. The van der Waals surface area contributed by atoms with Crippen LogP contribution in [0.15, 0.2) is 24.3 Å². The Morgan fingerprint density at radius 1 is 1.47 bits per heavy atom. The van der Waals surface area contributed by atoms with Crippen LogP contribution in [-0.2, 0) is 11.2 Å². The van der Waals surface area contributed by atoms with Crippen molar-refractivity contribution >= 4 is 11.7 Å². The average molecular weight is 263 g/mol. The molecule has 104 valence electrons. The van der Waals surface area contributed by atoms with Gasteiger partial charge in [-0.25, -0.2) is 4.79 Å². The molecule has 0 fully saturated rings. The number of hydrogen-bond acceptors (Lipinski definition) is 3. The van der Waals surface area contributed by atoms with Gasteiger partial charge in [0, 0.05) is 18.7 Å². The molecule has 2 rings (SSSR count). The van der Waals surface area contributed by atoms with E-state index in [2.05, 4.69) is 0 Å². The minimum Gasteiger partial charge on any atom is -0.480 e. The number of carboxylic acid groups (broad SMARTS) is 1. The quantitative estimate of drug-likeness (QED) is 0.871. The SMILES string of the molecule is CC(C)C(C)(O)CN1c2ccccc2CC1C(=O)O. The van der Waals surface area contributed by atoms with Crippen LogP contribution in [0.25, 0.3) is 0 Å². The lowest BCUT2D eigenvalue weighted by Gasteiger charge is -2.35. The lowest BCUT2D eigenvalue weighted by molar-refractivity contribution is -0.138. The molecule has 1 aliphatic rings.